The number of aliphatic hydroxyl groups is 4. The second kappa shape index (κ2) is 10.4. The molecule has 11 heteroatoms. The molecule has 1 fully saturated rings. The van der Waals surface area contributed by atoms with Gasteiger partial charge in [-0.25, -0.2) is 4.79 Å². The largest absolute Gasteiger partial charge is 0.507 e. The highest BCUT2D eigenvalue weighted by Gasteiger charge is 2.45. The second-order valence-corrected chi connectivity index (χ2v) is 10.1. The zero-order valence-electron chi connectivity index (χ0n) is 20.8. The first-order chi connectivity index (χ1) is 17.4. The van der Waals surface area contributed by atoms with Crippen molar-refractivity contribution in [1.82, 2.24) is 0 Å². The van der Waals surface area contributed by atoms with E-state index in [2.05, 4.69) is 0 Å². The average Bonchev–Trinajstić information content (AvgIpc) is 2.85. The fraction of sp³-hybridized carbons (Fsp3) is 0.538. The number of aryl methyl sites for hydroxylation is 1. The summed E-state index contributed by atoms with van der Waals surface area (Å²) in [6.45, 7) is 4.57. The van der Waals surface area contributed by atoms with E-state index in [1.54, 1.807) is 26.8 Å². The lowest BCUT2D eigenvalue weighted by Crippen LogP contribution is -2.60. The summed E-state index contributed by atoms with van der Waals surface area (Å²) in [4.78, 5) is 24.8. The Kier molecular flexibility index (Phi) is 7.63. The van der Waals surface area contributed by atoms with Gasteiger partial charge in [-0.1, -0.05) is 6.08 Å². The smallest absolute Gasteiger partial charge is 0.333 e. The molecule has 2 heterocycles. The fourth-order valence-corrected chi connectivity index (χ4v) is 4.57. The zero-order valence-corrected chi connectivity index (χ0v) is 20.8. The van der Waals surface area contributed by atoms with E-state index in [4.69, 9.17) is 18.6 Å². The summed E-state index contributed by atoms with van der Waals surface area (Å²) >= 11 is 0. The number of ether oxygens (including phenoxy) is 3. The number of phenols is 1. The maximum Gasteiger partial charge on any atom is 0.333 e. The maximum atomic E-state index is 12.5. The Morgan fingerprint density at radius 3 is 2.54 bits per heavy atom. The third-order valence-corrected chi connectivity index (χ3v) is 6.97. The van der Waals surface area contributed by atoms with Crippen LogP contribution in [0.2, 0.25) is 0 Å². The molecular formula is C26H32O11. The molecule has 202 valence electrons. The van der Waals surface area contributed by atoms with Crippen LogP contribution in [0, 0.1) is 12.8 Å². The van der Waals surface area contributed by atoms with Crippen molar-refractivity contribution in [3.8, 4) is 11.5 Å². The number of phenolic OH excluding ortho intramolecular Hbond substituents is 1. The minimum Gasteiger partial charge on any atom is -0.507 e. The van der Waals surface area contributed by atoms with Crippen molar-refractivity contribution in [2.24, 2.45) is 5.92 Å². The third-order valence-electron chi connectivity index (χ3n) is 6.97. The third kappa shape index (κ3) is 5.65. The normalized spacial score (nSPS) is 28.6. The number of hydrogen-bond donors (Lipinski definition) is 5. The quantitative estimate of drug-likeness (QED) is 0.344. The number of carbonyl (C=O) groups is 1. The molecule has 2 aliphatic rings. The highest BCUT2D eigenvalue weighted by molar-refractivity contribution is 5.88. The Morgan fingerprint density at radius 1 is 1.16 bits per heavy atom. The molecular weight excluding hydrogens is 488 g/mol. The van der Waals surface area contributed by atoms with Gasteiger partial charge >= 0.3 is 5.97 Å². The maximum absolute atomic E-state index is 12.5. The van der Waals surface area contributed by atoms with E-state index in [-0.39, 0.29) is 22.6 Å². The van der Waals surface area contributed by atoms with Gasteiger partial charge in [-0.3, -0.25) is 4.79 Å². The van der Waals surface area contributed by atoms with Gasteiger partial charge in [0.25, 0.3) is 0 Å². The van der Waals surface area contributed by atoms with E-state index in [0.29, 0.717) is 30.4 Å². The molecule has 0 radical (unpaired) electrons. The van der Waals surface area contributed by atoms with E-state index in [9.17, 15) is 35.1 Å². The zero-order chi connectivity index (χ0) is 27.1. The number of carbonyl (C=O) groups excluding carboxylic acids is 1. The molecule has 0 unspecified atom stereocenters. The van der Waals surface area contributed by atoms with E-state index >= 15 is 0 Å². The van der Waals surface area contributed by atoms with Crippen molar-refractivity contribution >= 4 is 16.9 Å². The molecule has 1 aromatic carbocycles. The molecule has 37 heavy (non-hydrogen) atoms. The summed E-state index contributed by atoms with van der Waals surface area (Å²) in [6.07, 6.45) is -3.14. The van der Waals surface area contributed by atoms with Gasteiger partial charge in [0.2, 0.25) is 6.29 Å². The fourth-order valence-electron chi connectivity index (χ4n) is 4.57. The summed E-state index contributed by atoms with van der Waals surface area (Å²) in [7, 11) is 0. The Bertz CT molecular complexity index is 1240. The molecule has 0 bridgehead atoms. The average molecular weight is 521 g/mol. The molecule has 2 aromatic rings. The Morgan fingerprint density at radius 2 is 1.89 bits per heavy atom. The second-order valence-electron chi connectivity index (χ2n) is 10.1. The molecule has 5 N–H and O–H groups in total. The van der Waals surface area contributed by atoms with Crippen LogP contribution in [0.3, 0.4) is 0 Å². The molecule has 6 atom stereocenters. The van der Waals surface area contributed by atoms with Gasteiger partial charge in [-0.2, -0.15) is 0 Å². The topological polar surface area (TPSA) is 176 Å². The Hall–Kier alpha value is -2.96. The minimum absolute atomic E-state index is 0.0219. The first kappa shape index (κ1) is 27.1. The molecule has 1 aromatic heterocycles. The van der Waals surface area contributed by atoms with Crippen LogP contribution in [-0.2, 0) is 14.3 Å². The number of aromatic hydroxyl groups is 1. The van der Waals surface area contributed by atoms with E-state index < -0.39 is 60.1 Å². The molecule has 11 nitrogen and oxygen atoms in total. The lowest BCUT2D eigenvalue weighted by molar-refractivity contribution is -0.278. The van der Waals surface area contributed by atoms with Gasteiger partial charge in [-0.05, 0) is 46.0 Å². The first-order valence-electron chi connectivity index (χ1n) is 12.1. The molecule has 0 amide bonds. The van der Waals surface area contributed by atoms with E-state index in [0.717, 1.165) is 6.07 Å². The lowest BCUT2D eigenvalue weighted by atomic mass is 9.79. The summed E-state index contributed by atoms with van der Waals surface area (Å²) < 4.78 is 21.9. The van der Waals surface area contributed by atoms with Crippen LogP contribution in [0.4, 0.5) is 0 Å². The molecule has 0 spiro atoms. The van der Waals surface area contributed by atoms with Gasteiger partial charge in [0, 0.05) is 23.3 Å². The Labute approximate surface area is 212 Å². The van der Waals surface area contributed by atoms with Crippen molar-refractivity contribution in [1.29, 1.82) is 0 Å². The van der Waals surface area contributed by atoms with Crippen LogP contribution in [0.25, 0.3) is 11.0 Å². The lowest BCUT2D eigenvalue weighted by Gasteiger charge is -2.40. The number of benzene rings is 1. The Balaban J connectivity index is 1.43. The highest BCUT2D eigenvalue weighted by Crippen LogP contribution is 2.33. The molecule has 0 saturated carbocycles. The van der Waals surface area contributed by atoms with Crippen LogP contribution in [0.1, 0.15) is 38.7 Å². The summed E-state index contributed by atoms with van der Waals surface area (Å²) in [6, 6.07) is 2.45. The predicted molar refractivity (Wildman–Crippen MR) is 129 cm³/mol. The number of hydrogen-bond acceptors (Lipinski definition) is 11. The number of aliphatic hydroxyl groups excluding tert-OH is 3. The standard InChI is InChI=1S/C26H32O11/c1-12-10-34-17-9-15(8-16(27)19(17)20(12)28)36-25-23(31)22(30)21(29)18(37-25)11-35-24(32)13-4-6-14(7-5-13)26(2,3)33/h4,8-10,14,18,21-23,25,27,29-31,33H,5-7,11H2,1-3H3/t14-,18+,21+,22-,23+,25+/m0/s1. The van der Waals surface area contributed by atoms with Crippen molar-refractivity contribution < 1.29 is 49.0 Å². The van der Waals surface area contributed by atoms with Gasteiger partial charge in [0.15, 0.2) is 5.43 Å². The van der Waals surface area contributed by atoms with Crippen molar-refractivity contribution in [2.45, 2.75) is 76.3 Å². The van der Waals surface area contributed by atoms with Gasteiger partial charge in [-0.15, -0.1) is 0 Å². The number of allylic oxidation sites excluding steroid dienone is 1. The number of rotatable bonds is 6. The molecule has 1 saturated heterocycles. The highest BCUT2D eigenvalue weighted by atomic mass is 16.7. The van der Waals surface area contributed by atoms with Gasteiger partial charge in [0.1, 0.15) is 53.5 Å². The van der Waals surface area contributed by atoms with Crippen LogP contribution in [0.15, 0.2) is 39.3 Å². The van der Waals surface area contributed by atoms with Crippen molar-refractivity contribution in [2.75, 3.05) is 6.61 Å². The van der Waals surface area contributed by atoms with Crippen molar-refractivity contribution in [3.63, 3.8) is 0 Å². The van der Waals surface area contributed by atoms with Crippen LogP contribution in [0.5, 0.6) is 11.5 Å². The monoisotopic (exact) mass is 520 g/mol. The van der Waals surface area contributed by atoms with E-state index in [1.165, 1.54) is 12.3 Å². The first-order valence-corrected chi connectivity index (χ1v) is 12.1. The molecule has 1 aliphatic carbocycles. The SMILES string of the molecule is Cc1coc2cc(O[C@@H]3O[C@H](COC(=O)C4=CC[C@H](C(C)(C)O)CC4)[C@@H](O)[C@H](O)[C@H]3O)cc(O)c2c1=O. The van der Waals surface area contributed by atoms with Gasteiger partial charge in [0.05, 0.1) is 11.9 Å². The summed E-state index contributed by atoms with van der Waals surface area (Å²) in [5.41, 5.74) is -0.483. The summed E-state index contributed by atoms with van der Waals surface area (Å²) in [5.74, 6) is -1.02. The van der Waals surface area contributed by atoms with Gasteiger partial charge < -0.3 is 44.2 Å². The number of fused-ring (bicyclic) bond motifs is 1. The molecule has 1 aliphatic heterocycles. The predicted octanol–water partition coefficient (Wildman–Crippen LogP) is 1.03. The molecule has 4 rings (SSSR count). The minimum atomic E-state index is -1.68. The van der Waals surface area contributed by atoms with Crippen LogP contribution >= 0.6 is 0 Å². The van der Waals surface area contributed by atoms with E-state index in [1.807, 2.05) is 0 Å². The van der Waals surface area contributed by atoms with Crippen LogP contribution in [-0.4, -0.2) is 74.4 Å². The van der Waals surface area contributed by atoms with Crippen LogP contribution < -0.4 is 10.2 Å². The summed E-state index contributed by atoms with van der Waals surface area (Å²) in [5, 5.41) is 51.5. The van der Waals surface area contributed by atoms with Crippen molar-refractivity contribution in [3.05, 3.63) is 45.8 Å². The number of esters is 1.